The second-order valence-corrected chi connectivity index (χ2v) is 9.21. The average molecular weight is 469 g/mol. The van der Waals surface area contributed by atoms with Crippen LogP contribution in [0.3, 0.4) is 0 Å². The molecule has 0 aliphatic heterocycles. The molecule has 1 N–H and O–H groups in total. The van der Waals surface area contributed by atoms with Crippen molar-refractivity contribution in [1.29, 1.82) is 0 Å². The Kier molecular flexibility index (Phi) is 6.83. The van der Waals surface area contributed by atoms with Crippen LogP contribution in [-0.2, 0) is 28.9 Å². The minimum atomic E-state index is -0.391. The van der Waals surface area contributed by atoms with Crippen LogP contribution in [0.4, 0.5) is 5.00 Å². The van der Waals surface area contributed by atoms with Crippen LogP contribution in [0.25, 0.3) is 10.9 Å². The van der Waals surface area contributed by atoms with E-state index in [4.69, 9.17) is 9.47 Å². The number of aromatic nitrogens is 1. The summed E-state index contributed by atoms with van der Waals surface area (Å²) in [7, 11) is 1.56. The van der Waals surface area contributed by atoms with E-state index in [1.165, 1.54) is 11.3 Å². The summed E-state index contributed by atoms with van der Waals surface area (Å²) in [6, 6.07) is 7.20. The second kappa shape index (κ2) is 9.79. The highest BCUT2D eigenvalue weighted by Gasteiger charge is 2.27. The van der Waals surface area contributed by atoms with Gasteiger partial charge < -0.3 is 19.4 Å². The van der Waals surface area contributed by atoms with Crippen molar-refractivity contribution in [2.75, 3.05) is 19.0 Å². The van der Waals surface area contributed by atoms with Crippen molar-refractivity contribution in [3.63, 3.8) is 0 Å². The van der Waals surface area contributed by atoms with E-state index in [0.29, 0.717) is 21.8 Å². The normalized spacial score (nSPS) is 12.9. The van der Waals surface area contributed by atoms with Gasteiger partial charge in [0.15, 0.2) is 0 Å². The van der Waals surface area contributed by atoms with Gasteiger partial charge in [-0.25, -0.2) is 4.79 Å². The van der Waals surface area contributed by atoms with Gasteiger partial charge in [-0.15, -0.1) is 11.3 Å². The number of hydrogen-bond acceptors (Lipinski definition) is 6. The van der Waals surface area contributed by atoms with Crippen molar-refractivity contribution in [3.05, 3.63) is 56.2 Å². The molecule has 7 nitrogen and oxygen atoms in total. The average Bonchev–Trinajstić information content (AvgIpc) is 3.16. The highest BCUT2D eigenvalue weighted by Crippen LogP contribution is 2.38. The number of nitrogens with zero attached hydrogens (tertiary/aromatic N) is 1. The number of carbonyl (C=O) groups is 2. The van der Waals surface area contributed by atoms with Crippen molar-refractivity contribution in [2.45, 2.75) is 52.5 Å². The molecular weight excluding hydrogens is 440 g/mol. The van der Waals surface area contributed by atoms with Gasteiger partial charge in [-0.3, -0.25) is 9.59 Å². The molecule has 1 amide bonds. The molecule has 3 aromatic rings. The Morgan fingerprint density at radius 2 is 2.00 bits per heavy atom. The van der Waals surface area contributed by atoms with E-state index in [9.17, 15) is 14.4 Å². The van der Waals surface area contributed by atoms with Gasteiger partial charge in [0.25, 0.3) is 5.56 Å². The lowest BCUT2D eigenvalue weighted by atomic mass is 9.95. The SMILES string of the molecule is CCOC(=O)c1c(NC(=O)CCn2c(=O)cc(C)c3cccc(OC)c32)sc2c1CCCC2. The quantitative estimate of drug-likeness (QED) is 0.517. The molecule has 2 heterocycles. The van der Waals surface area contributed by atoms with E-state index in [1.54, 1.807) is 30.7 Å². The molecule has 8 heteroatoms. The van der Waals surface area contributed by atoms with Crippen LogP contribution >= 0.6 is 11.3 Å². The van der Waals surface area contributed by atoms with Gasteiger partial charge in [0.2, 0.25) is 5.91 Å². The molecule has 0 atom stereocenters. The largest absolute Gasteiger partial charge is 0.495 e. The number of methoxy groups -OCH3 is 1. The number of rotatable bonds is 7. The molecule has 4 rings (SSSR count). The first-order valence-corrected chi connectivity index (χ1v) is 12.0. The predicted octanol–water partition coefficient (Wildman–Crippen LogP) is 4.46. The van der Waals surface area contributed by atoms with E-state index in [2.05, 4.69) is 5.32 Å². The second-order valence-electron chi connectivity index (χ2n) is 8.11. The fourth-order valence-corrected chi connectivity index (χ4v) is 5.73. The summed E-state index contributed by atoms with van der Waals surface area (Å²) in [6.45, 7) is 4.13. The number of thiophene rings is 1. The number of para-hydroxylation sites is 1. The zero-order valence-corrected chi connectivity index (χ0v) is 20.0. The molecule has 0 unspecified atom stereocenters. The van der Waals surface area contributed by atoms with Gasteiger partial charge in [-0.1, -0.05) is 12.1 Å². The number of hydrogen-bond donors (Lipinski definition) is 1. The van der Waals surface area contributed by atoms with Gasteiger partial charge in [0, 0.05) is 29.3 Å². The first kappa shape index (κ1) is 23.0. The van der Waals surface area contributed by atoms with Crippen LogP contribution < -0.4 is 15.6 Å². The summed E-state index contributed by atoms with van der Waals surface area (Å²) in [6.07, 6.45) is 3.91. The minimum absolute atomic E-state index is 0.0843. The molecule has 0 radical (unpaired) electrons. The molecule has 1 aliphatic rings. The lowest BCUT2D eigenvalue weighted by Gasteiger charge is -2.15. The monoisotopic (exact) mass is 468 g/mol. The third-order valence-corrected chi connectivity index (χ3v) is 7.19. The molecule has 0 saturated heterocycles. The van der Waals surface area contributed by atoms with Gasteiger partial charge >= 0.3 is 5.97 Å². The fourth-order valence-electron chi connectivity index (χ4n) is 4.43. The smallest absolute Gasteiger partial charge is 0.341 e. The molecule has 1 aromatic carbocycles. The number of aryl methyl sites for hydroxylation is 3. The lowest BCUT2D eigenvalue weighted by molar-refractivity contribution is -0.116. The summed E-state index contributed by atoms with van der Waals surface area (Å²) in [5.74, 6) is -0.0587. The topological polar surface area (TPSA) is 86.6 Å². The molecular formula is C25H28N2O5S. The lowest BCUT2D eigenvalue weighted by Crippen LogP contribution is -2.24. The molecule has 33 heavy (non-hydrogen) atoms. The number of benzene rings is 1. The van der Waals surface area contributed by atoms with E-state index < -0.39 is 5.97 Å². The van der Waals surface area contributed by atoms with Crippen molar-refractivity contribution in [2.24, 2.45) is 0 Å². The number of esters is 1. The van der Waals surface area contributed by atoms with Gasteiger partial charge in [0.1, 0.15) is 10.8 Å². The van der Waals surface area contributed by atoms with E-state index in [0.717, 1.165) is 47.1 Å². The van der Waals surface area contributed by atoms with Crippen LogP contribution in [0.1, 0.15) is 52.5 Å². The molecule has 0 spiro atoms. The maximum absolute atomic E-state index is 12.9. The van der Waals surface area contributed by atoms with Crippen LogP contribution in [0.2, 0.25) is 0 Å². The van der Waals surface area contributed by atoms with Crippen LogP contribution in [0.5, 0.6) is 5.75 Å². The van der Waals surface area contributed by atoms with E-state index >= 15 is 0 Å². The molecule has 0 fully saturated rings. The maximum atomic E-state index is 12.9. The molecule has 0 bridgehead atoms. The number of nitrogens with one attached hydrogen (secondary N) is 1. The number of amides is 1. The number of pyridine rings is 1. The van der Waals surface area contributed by atoms with Crippen LogP contribution in [0.15, 0.2) is 29.1 Å². The van der Waals surface area contributed by atoms with Crippen LogP contribution in [-0.4, -0.2) is 30.2 Å². The summed E-state index contributed by atoms with van der Waals surface area (Å²) >= 11 is 1.46. The summed E-state index contributed by atoms with van der Waals surface area (Å²) in [4.78, 5) is 39.4. The summed E-state index contributed by atoms with van der Waals surface area (Å²) in [5.41, 5.74) is 2.85. The first-order valence-electron chi connectivity index (χ1n) is 11.2. The molecule has 1 aliphatic carbocycles. The Labute approximate surface area is 196 Å². The Morgan fingerprint density at radius 1 is 1.21 bits per heavy atom. The highest BCUT2D eigenvalue weighted by atomic mass is 32.1. The van der Waals surface area contributed by atoms with Crippen molar-refractivity contribution < 1.29 is 19.1 Å². The molecule has 2 aromatic heterocycles. The molecule has 0 saturated carbocycles. The predicted molar refractivity (Wildman–Crippen MR) is 130 cm³/mol. The Morgan fingerprint density at radius 3 is 2.76 bits per heavy atom. The van der Waals surface area contributed by atoms with E-state index in [1.807, 2.05) is 19.1 Å². The maximum Gasteiger partial charge on any atom is 0.341 e. The Hall–Kier alpha value is -3.13. The van der Waals surface area contributed by atoms with Gasteiger partial charge in [-0.05, 0) is 56.7 Å². The third-order valence-electron chi connectivity index (χ3n) is 5.99. The van der Waals surface area contributed by atoms with Gasteiger partial charge in [-0.2, -0.15) is 0 Å². The Bertz CT molecular complexity index is 1270. The fraction of sp³-hybridized carbons (Fsp3) is 0.400. The molecule has 174 valence electrons. The summed E-state index contributed by atoms with van der Waals surface area (Å²) < 4.78 is 12.3. The zero-order chi connectivity index (χ0) is 23.5. The van der Waals surface area contributed by atoms with Crippen molar-refractivity contribution in [1.82, 2.24) is 4.57 Å². The van der Waals surface area contributed by atoms with Crippen LogP contribution in [0, 0.1) is 6.92 Å². The third kappa shape index (κ3) is 4.53. The Balaban J connectivity index is 1.59. The number of anilines is 1. The summed E-state index contributed by atoms with van der Waals surface area (Å²) in [5, 5.41) is 4.37. The zero-order valence-electron chi connectivity index (χ0n) is 19.2. The first-order chi connectivity index (χ1) is 15.9. The minimum Gasteiger partial charge on any atom is -0.495 e. The van der Waals surface area contributed by atoms with Crippen molar-refractivity contribution in [3.8, 4) is 5.75 Å². The number of carbonyl (C=O) groups excluding carboxylic acids is 2. The van der Waals surface area contributed by atoms with Crippen molar-refractivity contribution >= 4 is 39.1 Å². The number of ether oxygens (including phenoxy) is 2. The number of fused-ring (bicyclic) bond motifs is 2. The van der Waals surface area contributed by atoms with E-state index in [-0.39, 0.29) is 31.0 Å². The highest BCUT2D eigenvalue weighted by molar-refractivity contribution is 7.17. The van der Waals surface area contributed by atoms with Gasteiger partial charge in [0.05, 0.1) is 24.8 Å². The standard InChI is InChI=1S/C25H28N2O5S/c1-4-32-25(30)22-17-8-5-6-11-19(17)33-24(22)26-20(28)12-13-27-21(29)14-15(2)16-9-7-10-18(31-3)23(16)27/h7,9-10,14H,4-6,8,11-13H2,1-3H3,(H,26,28).